The monoisotopic (exact) mass is 1590 g/mol. The van der Waals surface area contributed by atoms with Gasteiger partial charge in [-0.05, 0) is 166 Å². The molecule has 578 valence electrons. The summed E-state index contributed by atoms with van der Waals surface area (Å²) < 4.78 is 199. The van der Waals surface area contributed by atoms with Crippen LogP contribution < -0.4 is 0 Å². The lowest BCUT2D eigenvalue weighted by Gasteiger charge is -2.05. The zero-order valence-electron chi connectivity index (χ0n) is 61.3. The van der Waals surface area contributed by atoms with Crippen LogP contribution in [-0.4, -0.2) is 77.8 Å². The fourth-order valence-electron chi connectivity index (χ4n) is 7.29. The van der Waals surface area contributed by atoms with Crippen molar-refractivity contribution in [3.05, 3.63) is 395 Å². The Labute approximate surface area is 642 Å². The third kappa shape index (κ3) is 48.4. The average Bonchev–Trinajstić information content (AvgIpc) is 0.897. The van der Waals surface area contributed by atoms with Crippen LogP contribution in [-0.2, 0) is 60.7 Å². The smallest absolute Gasteiger partial charge is 0.124 e. The van der Waals surface area contributed by atoms with Crippen molar-refractivity contribution in [2.75, 3.05) is 0 Å². The first-order chi connectivity index (χ1) is 50.9. The van der Waals surface area contributed by atoms with E-state index in [1.54, 1.807) is 103 Å². The van der Waals surface area contributed by atoms with Gasteiger partial charge in [0.15, 0.2) is 0 Å². The number of nitriles is 1. The standard InChI is InChI=1S/C7H5N.6C7H8O3S.4C7H8.C6H5F/c8-6-7-4-2-1-3-5-7;6*1-6-2-4-7(5-3-6)11(8,9)10;4*1-7-5-3-2-4-6-7;7-6-4-2-1-3-5-6/h1-5H;6*2-5H,1H3,(H,8,9,10);4*2-6H,1H3;1-5H/p-6. The fraction of sp³-hybridized carbons (Fsp3) is 0.120. The zero-order valence-corrected chi connectivity index (χ0v) is 66.2. The van der Waals surface area contributed by atoms with Gasteiger partial charge in [-0.1, -0.05) is 286 Å². The zero-order chi connectivity index (χ0) is 82.3. The number of halogens is 1. The quantitative estimate of drug-likeness (QED) is 0.140. The van der Waals surface area contributed by atoms with E-state index >= 15 is 0 Å². The number of benzene rings is 12. The minimum absolute atomic E-state index is 0.178. The molecule has 0 saturated heterocycles. The second-order valence-corrected chi connectivity index (χ2v) is 31.3. The van der Waals surface area contributed by atoms with Crippen molar-refractivity contribution in [3.8, 4) is 6.07 Å². The molecule has 19 nitrogen and oxygen atoms in total. The molecule has 12 rings (SSSR count). The van der Waals surface area contributed by atoms with Crippen LogP contribution >= 0.6 is 0 Å². The van der Waals surface area contributed by atoms with Crippen molar-refractivity contribution in [2.24, 2.45) is 0 Å². The van der Waals surface area contributed by atoms with Crippen LogP contribution in [0.25, 0.3) is 0 Å². The average molecular weight is 1590 g/mol. The van der Waals surface area contributed by atoms with E-state index in [9.17, 15) is 82.2 Å². The van der Waals surface area contributed by atoms with Crippen LogP contribution in [0.5, 0.6) is 0 Å². The van der Waals surface area contributed by atoms with Crippen molar-refractivity contribution >= 4 is 60.7 Å². The Morgan fingerprint density at radius 2 is 0.321 bits per heavy atom. The summed E-state index contributed by atoms with van der Waals surface area (Å²) in [6.45, 7) is 19.3. The molecule has 12 aromatic rings. The molecule has 0 aliphatic carbocycles. The van der Waals surface area contributed by atoms with Crippen LogP contribution in [0.15, 0.2) is 357 Å². The Balaban J connectivity index is 0.000000597. The Bertz CT molecular complexity index is 4490. The number of hydrogen-bond donors (Lipinski definition) is 0. The van der Waals surface area contributed by atoms with Gasteiger partial charge in [-0.15, -0.1) is 0 Å². The number of hydrogen-bond acceptors (Lipinski definition) is 19. The number of rotatable bonds is 6. The molecule has 0 unspecified atom stereocenters. The van der Waals surface area contributed by atoms with Gasteiger partial charge in [-0.2, -0.15) is 5.26 Å². The highest BCUT2D eigenvalue weighted by atomic mass is 32.2. The van der Waals surface area contributed by atoms with Crippen LogP contribution in [0.2, 0.25) is 0 Å². The lowest BCUT2D eigenvalue weighted by Crippen LogP contribution is -1.97. The minimum Gasteiger partial charge on any atom is -0.744 e. The van der Waals surface area contributed by atoms with Crippen molar-refractivity contribution in [2.45, 2.75) is 98.6 Å². The topological polar surface area (TPSA) is 367 Å². The maximum Gasteiger partial charge on any atom is 0.124 e. The van der Waals surface area contributed by atoms with E-state index in [0.29, 0.717) is 5.56 Å². The van der Waals surface area contributed by atoms with Crippen molar-refractivity contribution in [1.29, 1.82) is 5.26 Å². The van der Waals surface area contributed by atoms with Crippen LogP contribution in [0.1, 0.15) is 61.2 Å². The maximum absolute atomic E-state index is 11.9. The van der Waals surface area contributed by atoms with Crippen molar-refractivity contribution in [1.82, 2.24) is 0 Å². The summed E-state index contributed by atoms with van der Waals surface area (Å²) in [6, 6.07) is 94.8. The van der Waals surface area contributed by atoms with E-state index in [-0.39, 0.29) is 35.2 Å². The SMILES string of the molecule is Cc1ccc(S(=O)(=O)[O-])cc1.Cc1ccc(S(=O)(=O)[O-])cc1.Cc1ccc(S(=O)(=O)[O-])cc1.Cc1ccc(S(=O)(=O)[O-])cc1.Cc1ccc(S(=O)(=O)[O-])cc1.Cc1ccc(S(=O)(=O)[O-])cc1.Cc1ccccc1.Cc1ccccc1.Cc1ccccc1.Cc1ccccc1.Fc1ccccc1.N#Cc1ccccc1. The fourth-order valence-corrected chi connectivity index (χ4v) is 10.1. The van der Waals surface area contributed by atoms with E-state index in [4.69, 9.17) is 5.26 Å². The molecule has 109 heavy (non-hydrogen) atoms. The first-order valence-electron chi connectivity index (χ1n) is 32.3. The van der Waals surface area contributed by atoms with Crippen molar-refractivity contribution < 1.29 is 82.2 Å². The predicted octanol–water partition coefficient (Wildman–Crippen LogP) is 16.8. The highest BCUT2D eigenvalue weighted by Gasteiger charge is 2.03. The largest absolute Gasteiger partial charge is 0.744 e. The maximum atomic E-state index is 11.9. The van der Waals surface area contributed by atoms with Crippen LogP contribution in [0.3, 0.4) is 0 Å². The Morgan fingerprint density at radius 3 is 0.404 bits per heavy atom. The molecular formula is C83H84FNO18S6-6. The van der Waals surface area contributed by atoms with E-state index in [1.165, 1.54) is 107 Å². The first kappa shape index (κ1) is 96.5. The summed E-state index contributed by atoms with van der Waals surface area (Å²) in [6.07, 6.45) is 0. The molecule has 0 N–H and O–H groups in total. The molecule has 0 saturated carbocycles. The minimum atomic E-state index is -4.27. The van der Waals surface area contributed by atoms with Gasteiger partial charge in [-0.25, -0.2) is 54.9 Å². The summed E-state index contributed by atoms with van der Waals surface area (Å²) in [5.41, 5.74) is 11.6. The molecule has 0 heterocycles. The van der Waals surface area contributed by atoms with E-state index in [2.05, 4.69) is 76.2 Å². The summed E-state index contributed by atoms with van der Waals surface area (Å²) in [4.78, 5) is -1.07. The Hall–Kier alpha value is -10.5. The molecule has 0 amide bonds. The summed E-state index contributed by atoms with van der Waals surface area (Å²) in [5.74, 6) is -0.178. The van der Waals surface area contributed by atoms with Gasteiger partial charge in [-0.3, -0.25) is 0 Å². The predicted molar refractivity (Wildman–Crippen MR) is 417 cm³/mol. The summed E-state index contributed by atoms with van der Waals surface area (Å²) in [7, 11) is -25.6. The molecule has 0 aliphatic rings. The molecule has 0 spiro atoms. The highest BCUT2D eigenvalue weighted by Crippen LogP contribution is 2.14. The van der Waals surface area contributed by atoms with Crippen molar-refractivity contribution in [3.63, 3.8) is 0 Å². The second-order valence-electron chi connectivity index (χ2n) is 23.0. The second kappa shape index (κ2) is 50.2. The van der Waals surface area contributed by atoms with Crippen LogP contribution in [0.4, 0.5) is 4.39 Å². The molecule has 0 bridgehead atoms. The third-order valence-corrected chi connectivity index (χ3v) is 18.4. The lowest BCUT2D eigenvalue weighted by molar-refractivity contribution is 0.461. The van der Waals surface area contributed by atoms with Crippen LogP contribution in [0, 0.1) is 86.4 Å². The van der Waals surface area contributed by atoms with Gasteiger partial charge in [0.05, 0.1) is 41.0 Å². The van der Waals surface area contributed by atoms with Gasteiger partial charge >= 0.3 is 0 Å². The van der Waals surface area contributed by atoms with Gasteiger partial charge in [0.25, 0.3) is 0 Å². The van der Waals surface area contributed by atoms with E-state index < -0.39 is 60.7 Å². The Kier molecular flexibility index (Phi) is 44.5. The van der Waals surface area contributed by atoms with E-state index in [1.807, 2.05) is 139 Å². The first-order valence-corrected chi connectivity index (χ1v) is 40.7. The molecule has 0 radical (unpaired) electrons. The summed E-state index contributed by atoms with van der Waals surface area (Å²) in [5, 5.41) is 8.29. The summed E-state index contributed by atoms with van der Waals surface area (Å²) >= 11 is 0. The molecule has 12 aromatic carbocycles. The van der Waals surface area contributed by atoms with Gasteiger partial charge in [0.2, 0.25) is 0 Å². The number of aryl methyl sites for hydroxylation is 10. The molecular weight excluding hydrogens is 1510 g/mol. The normalized spacial score (nSPS) is 10.3. The lowest BCUT2D eigenvalue weighted by atomic mass is 10.2. The molecule has 0 atom stereocenters. The highest BCUT2D eigenvalue weighted by molar-refractivity contribution is 7.87. The molecule has 0 fully saturated rings. The van der Waals surface area contributed by atoms with E-state index in [0.717, 1.165) is 33.4 Å². The van der Waals surface area contributed by atoms with Gasteiger partial charge in [0.1, 0.15) is 66.5 Å². The molecule has 26 heteroatoms. The third-order valence-electron chi connectivity index (χ3n) is 13.3. The van der Waals surface area contributed by atoms with Gasteiger partial charge in [0, 0.05) is 0 Å². The Morgan fingerprint density at radius 1 is 0.202 bits per heavy atom. The van der Waals surface area contributed by atoms with Gasteiger partial charge < -0.3 is 27.3 Å². The molecule has 0 aromatic heterocycles. The number of nitrogens with zero attached hydrogens (tertiary/aromatic N) is 1. The molecule has 0 aliphatic heterocycles.